The second-order valence-electron chi connectivity index (χ2n) is 15.1. The molecule has 0 radical (unpaired) electrons. The SMILES string of the molecule is CC[C@H](Oc1nc(-c2noc([C@@]3(C)CCCc4sc(/N=C/N(C)C)c(C#N)c43)n2)cc(N2CCN(C(=O)OC(C)(C)C)CC2)n1)[C@@H]1CCCN1C. The minimum Gasteiger partial charge on any atom is -0.458 e. The van der Waals surface area contributed by atoms with Gasteiger partial charge in [0, 0.05) is 62.8 Å². The van der Waals surface area contributed by atoms with Gasteiger partial charge in [-0.15, -0.1) is 11.3 Å². The van der Waals surface area contributed by atoms with Gasteiger partial charge in [-0.3, -0.25) is 4.90 Å². The lowest BCUT2D eigenvalue weighted by atomic mass is 9.72. The Balaban J connectivity index is 1.33. The Morgan fingerprint density at radius 1 is 1.22 bits per heavy atom. The van der Waals surface area contributed by atoms with Crippen LogP contribution in [0.4, 0.5) is 15.6 Å². The van der Waals surface area contributed by atoms with Gasteiger partial charge in [-0.05, 0) is 79.8 Å². The topological polar surface area (TPSA) is 149 Å². The molecule has 3 atom stereocenters. The smallest absolute Gasteiger partial charge is 0.410 e. The number of rotatable bonds is 9. The zero-order valence-electron chi connectivity index (χ0n) is 31.1. The summed E-state index contributed by atoms with van der Waals surface area (Å²) in [6.07, 6.45) is 6.85. The molecule has 3 aromatic heterocycles. The number of fused-ring (bicyclic) bond motifs is 1. The molecule has 274 valence electrons. The van der Waals surface area contributed by atoms with E-state index in [9.17, 15) is 10.1 Å². The van der Waals surface area contributed by atoms with Crippen LogP contribution >= 0.6 is 11.3 Å². The summed E-state index contributed by atoms with van der Waals surface area (Å²) < 4.78 is 18.2. The van der Waals surface area contributed by atoms with Crippen molar-refractivity contribution in [2.45, 2.75) is 96.3 Å². The number of nitriles is 1. The van der Waals surface area contributed by atoms with E-state index in [1.54, 1.807) is 22.6 Å². The molecule has 2 aliphatic heterocycles. The van der Waals surface area contributed by atoms with Crippen molar-refractivity contribution in [1.82, 2.24) is 34.8 Å². The fourth-order valence-corrected chi connectivity index (χ4v) is 8.50. The van der Waals surface area contributed by atoms with Gasteiger partial charge < -0.3 is 28.7 Å². The highest BCUT2D eigenvalue weighted by Gasteiger charge is 2.43. The first-order valence-corrected chi connectivity index (χ1v) is 18.7. The van der Waals surface area contributed by atoms with E-state index in [2.05, 4.69) is 46.9 Å². The minimum atomic E-state index is -0.667. The van der Waals surface area contributed by atoms with E-state index >= 15 is 0 Å². The molecule has 0 saturated carbocycles. The third kappa shape index (κ3) is 7.82. The zero-order chi connectivity index (χ0) is 36.5. The van der Waals surface area contributed by atoms with Gasteiger partial charge >= 0.3 is 12.1 Å². The molecule has 51 heavy (non-hydrogen) atoms. The van der Waals surface area contributed by atoms with Crippen molar-refractivity contribution in [2.75, 3.05) is 58.8 Å². The van der Waals surface area contributed by atoms with Gasteiger partial charge in [-0.1, -0.05) is 12.1 Å². The molecular weight excluding hydrogens is 669 g/mol. The van der Waals surface area contributed by atoms with Crippen molar-refractivity contribution in [2.24, 2.45) is 4.99 Å². The number of hydrogen-bond donors (Lipinski definition) is 0. The summed E-state index contributed by atoms with van der Waals surface area (Å²) in [6.45, 7) is 12.9. The minimum absolute atomic E-state index is 0.0858. The van der Waals surface area contributed by atoms with Crippen LogP contribution in [-0.4, -0.2) is 119 Å². The molecule has 0 spiro atoms. The van der Waals surface area contributed by atoms with Crippen molar-refractivity contribution < 1.29 is 18.8 Å². The molecule has 3 aliphatic rings. The Morgan fingerprint density at radius 2 is 1.98 bits per heavy atom. The first kappa shape index (κ1) is 36.5. The number of anilines is 1. The maximum absolute atomic E-state index is 12.8. The average molecular weight is 719 g/mol. The van der Waals surface area contributed by atoms with Gasteiger partial charge in [0.2, 0.25) is 11.7 Å². The van der Waals surface area contributed by atoms with Crippen LogP contribution in [0.3, 0.4) is 0 Å². The summed E-state index contributed by atoms with van der Waals surface area (Å²) >= 11 is 1.56. The van der Waals surface area contributed by atoms with E-state index in [1.807, 2.05) is 45.8 Å². The summed E-state index contributed by atoms with van der Waals surface area (Å²) in [7, 11) is 5.95. The fourth-order valence-electron chi connectivity index (χ4n) is 7.24. The van der Waals surface area contributed by atoms with Crippen LogP contribution in [0.15, 0.2) is 15.6 Å². The Bertz CT molecular complexity index is 1780. The lowest BCUT2D eigenvalue weighted by molar-refractivity contribution is 0.0240. The molecule has 5 heterocycles. The van der Waals surface area contributed by atoms with Gasteiger partial charge in [0.05, 0.1) is 17.3 Å². The first-order chi connectivity index (χ1) is 24.3. The predicted octanol–water partition coefficient (Wildman–Crippen LogP) is 5.63. The number of aryl methyl sites for hydroxylation is 1. The average Bonchev–Trinajstić information content (AvgIpc) is 3.85. The van der Waals surface area contributed by atoms with Gasteiger partial charge in [-0.25, -0.2) is 9.79 Å². The molecule has 15 heteroatoms. The molecule has 0 N–H and O–H groups in total. The summed E-state index contributed by atoms with van der Waals surface area (Å²) in [5.74, 6) is 1.42. The Kier molecular flexibility index (Phi) is 10.6. The van der Waals surface area contributed by atoms with E-state index in [0.29, 0.717) is 60.0 Å². The van der Waals surface area contributed by atoms with Crippen LogP contribution < -0.4 is 9.64 Å². The quantitative estimate of drug-likeness (QED) is 0.199. The molecule has 1 amide bonds. The second kappa shape index (κ2) is 14.7. The van der Waals surface area contributed by atoms with Gasteiger partial charge in [0.25, 0.3) is 0 Å². The van der Waals surface area contributed by atoms with E-state index in [-0.39, 0.29) is 24.2 Å². The highest BCUT2D eigenvalue weighted by Crippen LogP contribution is 2.50. The molecular formula is C36H50N10O4S. The highest BCUT2D eigenvalue weighted by atomic mass is 32.1. The number of hydrogen-bond acceptors (Lipinski definition) is 13. The standard InChI is InChI=1S/C36H50N10O4S/c1-9-26(25-12-11-15-44(25)8)48-33-39-24(20-28(40-33)45-16-18-46(19-17-45)34(47)49-35(2,3)4)30-41-32(50-42-30)36(5)14-10-13-27-29(36)23(21-37)31(51-27)38-22-43(6)7/h20,22,25-26H,9-19H2,1-8H3/b38-22+/t25-,26-,36-/m0/s1. The first-order valence-electron chi connectivity index (χ1n) is 17.9. The predicted molar refractivity (Wildman–Crippen MR) is 196 cm³/mol. The normalized spacial score (nSPS) is 21.8. The molecule has 1 aliphatic carbocycles. The third-order valence-electron chi connectivity index (χ3n) is 9.85. The van der Waals surface area contributed by atoms with Crippen molar-refractivity contribution in [3.05, 3.63) is 28.0 Å². The van der Waals surface area contributed by atoms with Crippen LogP contribution in [0, 0.1) is 11.3 Å². The second-order valence-corrected chi connectivity index (χ2v) is 16.2. The number of amides is 1. The van der Waals surface area contributed by atoms with Crippen LogP contribution in [0.1, 0.15) is 88.6 Å². The van der Waals surface area contributed by atoms with Crippen molar-refractivity contribution >= 4 is 34.6 Å². The molecule has 6 rings (SSSR count). The van der Waals surface area contributed by atoms with E-state index in [4.69, 9.17) is 28.9 Å². The summed E-state index contributed by atoms with van der Waals surface area (Å²) in [4.78, 5) is 41.3. The number of aromatic nitrogens is 4. The van der Waals surface area contributed by atoms with Crippen LogP contribution in [0.5, 0.6) is 6.01 Å². The van der Waals surface area contributed by atoms with Gasteiger partial charge in [0.15, 0.2) is 0 Å². The Morgan fingerprint density at radius 3 is 2.63 bits per heavy atom. The molecule has 0 aromatic carbocycles. The fraction of sp³-hybridized carbons (Fsp3) is 0.639. The molecule has 3 aromatic rings. The van der Waals surface area contributed by atoms with E-state index < -0.39 is 11.0 Å². The lowest BCUT2D eigenvalue weighted by Gasteiger charge is -2.36. The molecule has 2 fully saturated rings. The van der Waals surface area contributed by atoms with Gasteiger partial charge in [0.1, 0.15) is 34.3 Å². The molecule has 0 unspecified atom stereocenters. The zero-order valence-corrected chi connectivity index (χ0v) is 31.9. The number of likely N-dealkylation sites (N-methyl/N-ethyl adjacent to an activating group) is 1. The Hall–Kier alpha value is -4.29. The summed E-state index contributed by atoms with van der Waals surface area (Å²) in [6, 6.07) is 4.81. The maximum atomic E-state index is 12.8. The van der Waals surface area contributed by atoms with Crippen LogP contribution in [0.25, 0.3) is 11.5 Å². The number of thiophene rings is 1. The number of ether oxygens (including phenoxy) is 2. The van der Waals surface area contributed by atoms with Crippen molar-refractivity contribution in [1.29, 1.82) is 5.26 Å². The third-order valence-corrected chi connectivity index (χ3v) is 11.0. The van der Waals surface area contributed by atoms with Crippen molar-refractivity contribution in [3.8, 4) is 23.6 Å². The number of aliphatic imine (C=N–C) groups is 1. The highest BCUT2D eigenvalue weighted by molar-refractivity contribution is 7.16. The molecule has 14 nitrogen and oxygen atoms in total. The largest absolute Gasteiger partial charge is 0.458 e. The number of piperazine rings is 1. The van der Waals surface area contributed by atoms with E-state index in [1.165, 1.54) is 0 Å². The summed E-state index contributed by atoms with van der Waals surface area (Å²) in [5.41, 5.74) is 0.732. The number of carbonyl (C=O) groups excluding carboxylic acids is 1. The summed E-state index contributed by atoms with van der Waals surface area (Å²) in [5, 5.41) is 15.4. The number of nitrogens with zero attached hydrogens (tertiary/aromatic N) is 10. The number of likely N-dealkylation sites (tertiary alicyclic amines) is 1. The monoisotopic (exact) mass is 718 g/mol. The molecule has 2 saturated heterocycles. The number of carbonyl (C=O) groups is 1. The van der Waals surface area contributed by atoms with Crippen LogP contribution in [-0.2, 0) is 16.6 Å². The molecule has 0 bridgehead atoms. The lowest BCUT2D eigenvalue weighted by Crippen LogP contribution is -2.50. The van der Waals surface area contributed by atoms with E-state index in [0.717, 1.165) is 55.5 Å². The van der Waals surface area contributed by atoms with Crippen molar-refractivity contribution in [3.63, 3.8) is 0 Å². The Labute approximate surface area is 304 Å². The maximum Gasteiger partial charge on any atom is 0.410 e. The van der Waals surface area contributed by atoms with Gasteiger partial charge in [-0.2, -0.15) is 20.2 Å². The van der Waals surface area contributed by atoms with Crippen LogP contribution in [0.2, 0.25) is 0 Å².